The zero-order chi connectivity index (χ0) is 21.8. The number of carbonyl (C=O) groups is 1. The van der Waals surface area contributed by atoms with Gasteiger partial charge in [0.2, 0.25) is 11.7 Å². The van der Waals surface area contributed by atoms with Gasteiger partial charge in [-0.1, -0.05) is 18.2 Å². The fourth-order valence-electron chi connectivity index (χ4n) is 3.29. The summed E-state index contributed by atoms with van der Waals surface area (Å²) in [5.74, 6) is -2.12. The second kappa shape index (κ2) is 8.76. The van der Waals surface area contributed by atoms with Crippen molar-refractivity contribution in [3.05, 3.63) is 60.1 Å². The van der Waals surface area contributed by atoms with E-state index in [4.69, 9.17) is 4.42 Å². The van der Waals surface area contributed by atoms with Crippen molar-refractivity contribution in [2.24, 2.45) is 0 Å². The Hall–Kier alpha value is -3.40. The highest BCUT2D eigenvalue weighted by Crippen LogP contribution is 2.35. The first-order valence-corrected chi connectivity index (χ1v) is 9.78. The largest absolute Gasteiger partial charge is 0.452 e. The van der Waals surface area contributed by atoms with Crippen LogP contribution in [-0.4, -0.2) is 35.0 Å². The molecule has 3 aromatic rings. The normalized spacial score (nSPS) is 14.9. The summed E-state index contributed by atoms with van der Waals surface area (Å²) in [4.78, 5) is 20.6. The van der Waals surface area contributed by atoms with E-state index in [0.717, 1.165) is 25.9 Å². The minimum absolute atomic E-state index is 0.248. The molecule has 0 bridgehead atoms. The summed E-state index contributed by atoms with van der Waals surface area (Å²) in [6.07, 6.45) is -1.55. The number of nitrogens with zero attached hydrogens (tertiary/aromatic N) is 2. The van der Waals surface area contributed by atoms with Gasteiger partial charge in [0.05, 0.1) is 11.9 Å². The summed E-state index contributed by atoms with van der Waals surface area (Å²) in [6, 6.07) is 11.6. The number of amides is 1. The maximum absolute atomic E-state index is 13.4. The van der Waals surface area contributed by atoms with Crippen molar-refractivity contribution >= 4 is 17.4 Å². The fourth-order valence-corrected chi connectivity index (χ4v) is 3.29. The second-order valence-corrected chi connectivity index (χ2v) is 7.12. The fraction of sp³-hybridized carbons (Fsp3) is 0.286. The number of aromatic nitrogens is 2. The van der Waals surface area contributed by atoms with Gasteiger partial charge in [0.25, 0.3) is 5.91 Å². The van der Waals surface area contributed by atoms with Gasteiger partial charge >= 0.3 is 6.18 Å². The number of halogens is 3. The quantitative estimate of drug-likeness (QED) is 0.562. The van der Waals surface area contributed by atoms with Crippen molar-refractivity contribution in [1.82, 2.24) is 15.3 Å². The van der Waals surface area contributed by atoms with Crippen molar-refractivity contribution in [3.8, 4) is 11.5 Å². The third-order valence-electron chi connectivity index (χ3n) is 4.83. The lowest BCUT2D eigenvalue weighted by Gasteiger charge is -2.24. The molecule has 1 aromatic carbocycles. The number of anilines is 2. The molecular formula is C21H20F3N5O2. The zero-order valence-electron chi connectivity index (χ0n) is 16.4. The van der Waals surface area contributed by atoms with Crippen LogP contribution in [-0.2, 0) is 6.18 Å². The minimum Gasteiger partial charge on any atom is -0.431 e. The van der Waals surface area contributed by atoms with Gasteiger partial charge in [-0.25, -0.2) is 9.97 Å². The number of benzene rings is 1. The summed E-state index contributed by atoms with van der Waals surface area (Å²) < 4.78 is 45.1. The topological polar surface area (TPSA) is 92.1 Å². The lowest BCUT2D eigenvalue weighted by molar-refractivity contribution is -0.153. The Balaban J connectivity index is 1.50. The van der Waals surface area contributed by atoms with Gasteiger partial charge in [-0.2, -0.15) is 13.2 Å². The molecule has 1 saturated heterocycles. The predicted molar refractivity (Wildman–Crippen MR) is 109 cm³/mol. The van der Waals surface area contributed by atoms with Crippen LogP contribution < -0.4 is 16.0 Å². The molecule has 7 nitrogen and oxygen atoms in total. The highest BCUT2D eigenvalue weighted by Gasteiger charge is 2.42. The van der Waals surface area contributed by atoms with Gasteiger partial charge in [0, 0.05) is 11.6 Å². The minimum atomic E-state index is -4.87. The summed E-state index contributed by atoms with van der Waals surface area (Å²) in [5.41, 5.74) is -0.247. The summed E-state index contributed by atoms with van der Waals surface area (Å²) in [7, 11) is 0. The molecule has 3 N–H and O–H groups in total. The molecule has 0 atom stereocenters. The Bertz CT molecular complexity index is 1030. The molecule has 0 aliphatic carbocycles. The molecule has 2 aromatic heterocycles. The average molecular weight is 431 g/mol. The van der Waals surface area contributed by atoms with Gasteiger partial charge in [0.1, 0.15) is 5.82 Å². The monoisotopic (exact) mass is 431 g/mol. The Labute approximate surface area is 176 Å². The lowest BCUT2D eigenvalue weighted by Crippen LogP contribution is -2.35. The second-order valence-electron chi connectivity index (χ2n) is 7.12. The zero-order valence-corrected chi connectivity index (χ0v) is 16.4. The van der Waals surface area contributed by atoms with Gasteiger partial charge in [-0.05, 0) is 50.2 Å². The number of alkyl halides is 3. The molecule has 10 heteroatoms. The number of hydrogen-bond donors (Lipinski definition) is 3. The Kier molecular flexibility index (Phi) is 5.90. The molecule has 0 unspecified atom stereocenters. The van der Waals surface area contributed by atoms with Crippen LogP contribution in [0.1, 0.15) is 29.1 Å². The van der Waals surface area contributed by atoms with Crippen LogP contribution in [0, 0.1) is 0 Å². The van der Waals surface area contributed by atoms with Crippen LogP contribution in [0.15, 0.2) is 53.1 Å². The molecule has 31 heavy (non-hydrogen) atoms. The van der Waals surface area contributed by atoms with E-state index in [9.17, 15) is 18.0 Å². The van der Waals surface area contributed by atoms with E-state index >= 15 is 0 Å². The van der Waals surface area contributed by atoms with E-state index in [1.165, 1.54) is 6.20 Å². The van der Waals surface area contributed by atoms with Gasteiger partial charge in [-0.15, -0.1) is 0 Å². The molecule has 1 amide bonds. The van der Waals surface area contributed by atoms with Gasteiger partial charge in [0.15, 0.2) is 5.69 Å². The number of carbonyl (C=O) groups excluding carboxylic acids is 1. The first-order chi connectivity index (χ1) is 14.9. The molecule has 162 valence electrons. The molecule has 1 aliphatic rings. The molecule has 0 spiro atoms. The molecule has 3 heterocycles. The van der Waals surface area contributed by atoms with E-state index in [-0.39, 0.29) is 11.6 Å². The van der Waals surface area contributed by atoms with Gasteiger partial charge in [-0.3, -0.25) is 4.79 Å². The Morgan fingerprint density at radius 2 is 1.84 bits per heavy atom. The number of piperidine rings is 1. The highest BCUT2D eigenvalue weighted by atomic mass is 19.4. The maximum atomic E-state index is 13.4. The van der Waals surface area contributed by atoms with Crippen LogP contribution >= 0.6 is 0 Å². The lowest BCUT2D eigenvalue weighted by atomic mass is 10.1. The Morgan fingerprint density at radius 1 is 1.10 bits per heavy atom. The third-order valence-corrected chi connectivity index (χ3v) is 4.83. The number of pyridine rings is 1. The van der Waals surface area contributed by atoms with Crippen molar-refractivity contribution in [2.75, 3.05) is 23.7 Å². The first kappa shape index (κ1) is 20.9. The van der Waals surface area contributed by atoms with Crippen LogP contribution in [0.25, 0.3) is 11.5 Å². The van der Waals surface area contributed by atoms with Crippen molar-refractivity contribution in [3.63, 3.8) is 0 Å². The smallest absolute Gasteiger partial charge is 0.431 e. The molecular weight excluding hydrogens is 411 g/mol. The van der Waals surface area contributed by atoms with Crippen LogP contribution in [0.4, 0.5) is 24.7 Å². The van der Waals surface area contributed by atoms with E-state index in [1.807, 2.05) is 0 Å². The van der Waals surface area contributed by atoms with Crippen molar-refractivity contribution in [1.29, 1.82) is 0 Å². The SMILES string of the molecule is O=C(Nc1ccc(NC2CCNCC2)nc1)c1nc(-c2ccccc2)oc1C(F)(F)F. The number of nitrogens with one attached hydrogen (secondary N) is 3. The van der Waals surface area contributed by atoms with Gasteiger partial charge < -0.3 is 20.4 Å². The van der Waals surface area contributed by atoms with E-state index < -0.39 is 23.5 Å². The van der Waals surface area contributed by atoms with E-state index in [1.54, 1.807) is 42.5 Å². The Morgan fingerprint density at radius 3 is 2.48 bits per heavy atom. The number of hydrogen-bond acceptors (Lipinski definition) is 6. The maximum Gasteiger partial charge on any atom is 0.452 e. The van der Waals surface area contributed by atoms with Crippen LogP contribution in [0.3, 0.4) is 0 Å². The predicted octanol–water partition coefficient (Wildman–Crippen LogP) is 4.17. The first-order valence-electron chi connectivity index (χ1n) is 9.78. The van der Waals surface area contributed by atoms with E-state index in [2.05, 4.69) is 25.9 Å². The van der Waals surface area contributed by atoms with Crippen LogP contribution in [0.5, 0.6) is 0 Å². The molecule has 1 fully saturated rings. The highest BCUT2D eigenvalue weighted by molar-refractivity contribution is 6.04. The number of oxazole rings is 1. The third kappa shape index (κ3) is 5.02. The molecule has 0 saturated carbocycles. The summed E-state index contributed by atoms with van der Waals surface area (Å²) in [6.45, 7) is 1.85. The van der Waals surface area contributed by atoms with Crippen LogP contribution in [0.2, 0.25) is 0 Å². The molecule has 4 rings (SSSR count). The summed E-state index contributed by atoms with van der Waals surface area (Å²) >= 11 is 0. The average Bonchev–Trinajstić information content (AvgIpc) is 3.23. The van der Waals surface area contributed by atoms with Crippen molar-refractivity contribution in [2.45, 2.75) is 25.1 Å². The molecule has 1 aliphatic heterocycles. The molecule has 0 radical (unpaired) electrons. The summed E-state index contributed by atoms with van der Waals surface area (Å²) in [5, 5.41) is 8.98. The standard InChI is InChI=1S/C21H20F3N5O2/c22-21(23,24)18-17(29-20(31-18)13-4-2-1-3-5-13)19(30)28-15-6-7-16(26-12-15)27-14-8-10-25-11-9-14/h1-7,12,14,25H,8-11H2,(H,26,27)(H,28,30). The number of rotatable bonds is 5. The van der Waals surface area contributed by atoms with Crippen molar-refractivity contribution < 1.29 is 22.4 Å². The van der Waals surface area contributed by atoms with E-state index in [0.29, 0.717) is 17.4 Å².